The van der Waals surface area contributed by atoms with Gasteiger partial charge in [0.1, 0.15) is 4.90 Å². The van der Waals surface area contributed by atoms with Crippen LogP contribution in [0, 0.1) is 0 Å². The quantitative estimate of drug-likeness (QED) is 0.641. The third-order valence-electron chi connectivity index (χ3n) is 4.04. The van der Waals surface area contributed by atoms with E-state index in [1.54, 1.807) is 29.3 Å². The fraction of sp³-hybridized carbons (Fsp3) is 0.263. The number of hydrogen-bond donors (Lipinski definition) is 0. The van der Waals surface area contributed by atoms with Crippen LogP contribution in [-0.2, 0) is 23.1 Å². The summed E-state index contributed by atoms with van der Waals surface area (Å²) in [5.41, 5.74) is 1.91. The van der Waals surface area contributed by atoms with Crippen molar-refractivity contribution >= 4 is 10.0 Å². The van der Waals surface area contributed by atoms with Crippen molar-refractivity contribution in [2.75, 3.05) is 0 Å². The number of pyridine rings is 1. The normalized spacial score (nSPS) is 12.0. The van der Waals surface area contributed by atoms with Crippen molar-refractivity contribution in [3.05, 3.63) is 78.4 Å². The van der Waals surface area contributed by atoms with Crippen LogP contribution in [0.1, 0.15) is 25.0 Å². The molecule has 0 unspecified atom stereocenters. The highest BCUT2D eigenvalue weighted by Crippen LogP contribution is 2.20. The van der Waals surface area contributed by atoms with Crippen molar-refractivity contribution in [3.8, 4) is 0 Å². The van der Waals surface area contributed by atoms with E-state index < -0.39 is 10.0 Å². The number of nitrogens with zero attached hydrogens (tertiary/aromatic N) is 4. The zero-order valence-corrected chi connectivity index (χ0v) is 15.7. The Kier molecular flexibility index (Phi) is 5.49. The molecule has 3 rings (SSSR count). The predicted octanol–water partition coefficient (Wildman–Crippen LogP) is 2.93. The average Bonchev–Trinajstić information content (AvgIpc) is 3.10. The Bertz CT molecular complexity index is 938. The molecule has 2 heterocycles. The van der Waals surface area contributed by atoms with Crippen molar-refractivity contribution < 1.29 is 8.42 Å². The summed E-state index contributed by atoms with van der Waals surface area (Å²) >= 11 is 0. The molecule has 0 saturated heterocycles. The second kappa shape index (κ2) is 7.80. The van der Waals surface area contributed by atoms with Gasteiger partial charge in [-0.2, -0.15) is 9.40 Å². The van der Waals surface area contributed by atoms with E-state index in [1.807, 2.05) is 50.2 Å². The Hall–Kier alpha value is -2.51. The Morgan fingerprint density at radius 1 is 1.04 bits per heavy atom. The lowest BCUT2D eigenvalue weighted by Crippen LogP contribution is -2.36. The summed E-state index contributed by atoms with van der Waals surface area (Å²) in [6.07, 6.45) is 6.35. The van der Waals surface area contributed by atoms with Gasteiger partial charge in [0.15, 0.2) is 0 Å². The molecular formula is C19H22N4O2S. The first-order chi connectivity index (χ1) is 12.5. The van der Waals surface area contributed by atoms with E-state index in [0.29, 0.717) is 6.54 Å². The lowest BCUT2D eigenvalue weighted by Gasteiger charge is -2.25. The minimum atomic E-state index is -3.65. The van der Waals surface area contributed by atoms with E-state index in [1.165, 1.54) is 10.5 Å². The molecule has 0 spiro atoms. The SMILES string of the molecule is CC(C)N(Cc1cccnc1)S(=O)(=O)c1cnn(Cc2ccccc2)c1. The molecule has 7 heteroatoms. The summed E-state index contributed by atoms with van der Waals surface area (Å²) in [5.74, 6) is 0. The maximum absolute atomic E-state index is 13.1. The molecule has 1 aromatic carbocycles. The van der Waals surface area contributed by atoms with Gasteiger partial charge in [-0.05, 0) is 31.0 Å². The molecule has 0 N–H and O–H groups in total. The van der Waals surface area contributed by atoms with E-state index in [0.717, 1.165) is 11.1 Å². The van der Waals surface area contributed by atoms with Gasteiger partial charge in [-0.25, -0.2) is 8.42 Å². The monoisotopic (exact) mass is 370 g/mol. The van der Waals surface area contributed by atoms with Gasteiger partial charge in [0.2, 0.25) is 10.0 Å². The molecule has 0 amide bonds. The van der Waals surface area contributed by atoms with Gasteiger partial charge in [0.25, 0.3) is 0 Å². The van der Waals surface area contributed by atoms with E-state index in [2.05, 4.69) is 10.1 Å². The van der Waals surface area contributed by atoms with Gasteiger partial charge in [0, 0.05) is 31.2 Å². The standard InChI is InChI=1S/C19H22N4O2S/c1-16(2)23(14-18-9-6-10-20-11-18)26(24,25)19-12-21-22(15-19)13-17-7-4-3-5-8-17/h3-12,15-16H,13-14H2,1-2H3. The molecule has 0 atom stereocenters. The summed E-state index contributed by atoms with van der Waals surface area (Å²) in [6.45, 7) is 4.53. The summed E-state index contributed by atoms with van der Waals surface area (Å²) in [4.78, 5) is 4.26. The molecule has 0 saturated carbocycles. The molecular weight excluding hydrogens is 348 g/mol. The van der Waals surface area contributed by atoms with Crippen LogP contribution in [0.3, 0.4) is 0 Å². The van der Waals surface area contributed by atoms with Crippen molar-refractivity contribution in [3.63, 3.8) is 0 Å². The second-order valence-corrected chi connectivity index (χ2v) is 8.26. The van der Waals surface area contributed by atoms with Gasteiger partial charge < -0.3 is 0 Å². The van der Waals surface area contributed by atoms with E-state index in [9.17, 15) is 8.42 Å². The largest absolute Gasteiger partial charge is 0.267 e. The molecule has 0 radical (unpaired) electrons. The maximum Gasteiger partial charge on any atom is 0.246 e. The molecule has 0 aliphatic carbocycles. The fourth-order valence-electron chi connectivity index (χ4n) is 2.69. The molecule has 0 aliphatic rings. The van der Waals surface area contributed by atoms with E-state index >= 15 is 0 Å². The number of rotatable bonds is 7. The van der Waals surface area contributed by atoms with Gasteiger partial charge >= 0.3 is 0 Å². The molecule has 26 heavy (non-hydrogen) atoms. The molecule has 0 fully saturated rings. The Labute approximate surface area is 154 Å². The zero-order valence-electron chi connectivity index (χ0n) is 14.9. The van der Waals surface area contributed by atoms with Gasteiger partial charge in [-0.1, -0.05) is 36.4 Å². The minimum Gasteiger partial charge on any atom is -0.267 e. The highest BCUT2D eigenvalue weighted by molar-refractivity contribution is 7.89. The third kappa shape index (κ3) is 4.17. The van der Waals surface area contributed by atoms with Crippen LogP contribution < -0.4 is 0 Å². The van der Waals surface area contributed by atoms with E-state index in [4.69, 9.17) is 0 Å². The molecule has 3 aromatic rings. The Balaban J connectivity index is 1.83. The van der Waals surface area contributed by atoms with Crippen molar-refractivity contribution in [1.82, 2.24) is 19.1 Å². The summed E-state index contributed by atoms with van der Waals surface area (Å²) in [6, 6.07) is 13.3. The van der Waals surface area contributed by atoms with Crippen LogP contribution in [0.15, 0.2) is 72.1 Å². The molecule has 0 bridgehead atoms. The van der Waals surface area contributed by atoms with Crippen LogP contribution in [0.25, 0.3) is 0 Å². The first-order valence-corrected chi connectivity index (χ1v) is 9.88. The van der Waals surface area contributed by atoms with E-state index in [-0.39, 0.29) is 17.5 Å². The summed E-state index contributed by atoms with van der Waals surface area (Å²) < 4.78 is 29.3. The molecule has 6 nitrogen and oxygen atoms in total. The van der Waals surface area contributed by atoms with Crippen LogP contribution in [-0.4, -0.2) is 33.5 Å². The first kappa shape index (κ1) is 18.3. The van der Waals surface area contributed by atoms with Crippen LogP contribution in [0.5, 0.6) is 0 Å². The Morgan fingerprint density at radius 3 is 2.42 bits per heavy atom. The average molecular weight is 370 g/mol. The first-order valence-electron chi connectivity index (χ1n) is 8.44. The van der Waals surface area contributed by atoms with Crippen molar-refractivity contribution in [1.29, 1.82) is 0 Å². The van der Waals surface area contributed by atoms with Crippen LogP contribution in [0.2, 0.25) is 0 Å². The van der Waals surface area contributed by atoms with Crippen LogP contribution in [0.4, 0.5) is 0 Å². The molecule has 2 aromatic heterocycles. The molecule has 0 aliphatic heterocycles. The number of hydrogen-bond acceptors (Lipinski definition) is 4. The highest BCUT2D eigenvalue weighted by Gasteiger charge is 2.28. The molecule has 136 valence electrons. The third-order valence-corrected chi connectivity index (χ3v) is 6.02. The lowest BCUT2D eigenvalue weighted by atomic mass is 10.2. The van der Waals surface area contributed by atoms with Gasteiger partial charge in [-0.15, -0.1) is 0 Å². The minimum absolute atomic E-state index is 0.183. The van der Waals surface area contributed by atoms with Crippen molar-refractivity contribution in [2.24, 2.45) is 0 Å². The van der Waals surface area contributed by atoms with Gasteiger partial charge in [0.05, 0.1) is 12.7 Å². The maximum atomic E-state index is 13.1. The fourth-order valence-corrected chi connectivity index (χ4v) is 4.27. The zero-order chi connectivity index (χ0) is 18.6. The number of benzene rings is 1. The van der Waals surface area contributed by atoms with Crippen molar-refractivity contribution in [2.45, 2.75) is 37.9 Å². The summed E-state index contributed by atoms with van der Waals surface area (Å²) in [7, 11) is -3.65. The van der Waals surface area contributed by atoms with Crippen LogP contribution >= 0.6 is 0 Å². The second-order valence-electron chi connectivity index (χ2n) is 6.36. The number of sulfonamides is 1. The highest BCUT2D eigenvalue weighted by atomic mass is 32.2. The smallest absolute Gasteiger partial charge is 0.246 e. The topological polar surface area (TPSA) is 68.1 Å². The summed E-state index contributed by atoms with van der Waals surface area (Å²) in [5, 5.41) is 4.23. The Morgan fingerprint density at radius 2 is 1.77 bits per heavy atom. The lowest BCUT2D eigenvalue weighted by molar-refractivity contribution is 0.347. The number of aromatic nitrogens is 3. The predicted molar refractivity (Wildman–Crippen MR) is 99.9 cm³/mol. The van der Waals surface area contributed by atoms with Gasteiger partial charge in [-0.3, -0.25) is 9.67 Å².